The van der Waals surface area contributed by atoms with Crippen molar-refractivity contribution < 1.29 is 13.9 Å². The molecule has 0 aliphatic heterocycles. The second kappa shape index (κ2) is 13.4. The summed E-state index contributed by atoms with van der Waals surface area (Å²) in [5.41, 5.74) is 3.20. The van der Waals surface area contributed by atoms with Crippen LogP contribution in [-0.2, 0) is 17.8 Å². The summed E-state index contributed by atoms with van der Waals surface area (Å²) in [7, 11) is 1.69. The first-order valence-electron chi connectivity index (χ1n) is 9.90. The predicted molar refractivity (Wildman–Crippen MR) is 128 cm³/mol. The van der Waals surface area contributed by atoms with E-state index in [-0.39, 0.29) is 35.9 Å². The van der Waals surface area contributed by atoms with Gasteiger partial charge in [0, 0.05) is 24.9 Å². The topological polar surface area (TPSA) is 72.7 Å². The van der Waals surface area contributed by atoms with E-state index in [2.05, 4.69) is 22.7 Å². The zero-order chi connectivity index (χ0) is 21.2. The van der Waals surface area contributed by atoms with E-state index in [0.717, 1.165) is 30.0 Å². The van der Waals surface area contributed by atoms with Crippen LogP contribution in [-0.4, -0.2) is 48.7 Å². The zero-order valence-corrected chi connectivity index (χ0v) is 20.7. The summed E-state index contributed by atoms with van der Waals surface area (Å²) in [6.07, 6.45) is -0.107. The van der Waals surface area contributed by atoms with Gasteiger partial charge in [0.15, 0.2) is 5.96 Å². The van der Waals surface area contributed by atoms with Gasteiger partial charge in [-0.25, -0.2) is 9.38 Å². The van der Waals surface area contributed by atoms with Crippen LogP contribution in [0.25, 0.3) is 0 Å². The van der Waals surface area contributed by atoms with Crippen molar-refractivity contribution in [2.24, 2.45) is 4.99 Å². The van der Waals surface area contributed by atoms with Crippen LogP contribution in [0, 0.1) is 19.7 Å². The standard InChI is InChI=1S/C21H32FN5O2.HI/c1-6-23-21(24-13-15(2)29-19-9-7-18(22)8-10-19)25-14-20-16(3)26-27(17(20)4)11-12-28-5;/h7-10,15H,6,11-14H2,1-5H3,(H2,23,24,25);1H. The summed E-state index contributed by atoms with van der Waals surface area (Å²) in [6.45, 7) is 11.2. The molecule has 1 heterocycles. The van der Waals surface area contributed by atoms with Gasteiger partial charge in [-0.1, -0.05) is 0 Å². The third kappa shape index (κ3) is 8.10. The number of nitrogens with one attached hydrogen (secondary N) is 2. The highest BCUT2D eigenvalue weighted by molar-refractivity contribution is 14.0. The van der Waals surface area contributed by atoms with Gasteiger partial charge in [-0.2, -0.15) is 5.10 Å². The van der Waals surface area contributed by atoms with Crippen molar-refractivity contribution in [2.75, 3.05) is 26.8 Å². The second-order valence-corrected chi connectivity index (χ2v) is 6.82. The molecule has 7 nitrogen and oxygen atoms in total. The second-order valence-electron chi connectivity index (χ2n) is 6.82. The molecule has 2 N–H and O–H groups in total. The SMILES string of the molecule is CCNC(=NCc1c(C)nn(CCOC)c1C)NCC(C)Oc1ccc(F)cc1.I. The average molecular weight is 533 g/mol. The highest BCUT2D eigenvalue weighted by atomic mass is 127. The molecule has 2 rings (SSSR count). The molecule has 30 heavy (non-hydrogen) atoms. The lowest BCUT2D eigenvalue weighted by molar-refractivity contribution is 0.182. The molecular formula is C21H33FIN5O2. The zero-order valence-electron chi connectivity index (χ0n) is 18.4. The highest BCUT2D eigenvalue weighted by Gasteiger charge is 2.12. The van der Waals surface area contributed by atoms with Gasteiger partial charge in [-0.3, -0.25) is 4.68 Å². The predicted octanol–water partition coefficient (Wildman–Crippen LogP) is 3.43. The molecule has 0 saturated heterocycles. The average Bonchev–Trinajstić information content (AvgIpc) is 2.97. The molecule has 0 spiro atoms. The number of benzene rings is 1. The van der Waals surface area contributed by atoms with Crippen molar-refractivity contribution in [1.29, 1.82) is 0 Å². The van der Waals surface area contributed by atoms with Crippen LogP contribution in [0.2, 0.25) is 0 Å². The molecule has 168 valence electrons. The van der Waals surface area contributed by atoms with Crippen LogP contribution in [0.1, 0.15) is 30.8 Å². The molecule has 1 unspecified atom stereocenters. The van der Waals surface area contributed by atoms with Gasteiger partial charge in [0.2, 0.25) is 0 Å². The van der Waals surface area contributed by atoms with Crippen molar-refractivity contribution >= 4 is 29.9 Å². The lowest BCUT2D eigenvalue weighted by atomic mass is 10.2. The summed E-state index contributed by atoms with van der Waals surface area (Å²) >= 11 is 0. The maximum absolute atomic E-state index is 13.0. The molecule has 0 amide bonds. The largest absolute Gasteiger partial charge is 0.489 e. The number of hydrogen-bond donors (Lipinski definition) is 2. The number of methoxy groups -OCH3 is 1. The lowest BCUT2D eigenvalue weighted by Crippen LogP contribution is -2.41. The van der Waals surface area contributed by atoms with Crippen molar-refractivity contribution in [3.8, 4) is 5.75 Å². The van der Waals surface area contributed by atoms with E-state index in [1.807, 2.05) is 25.5 Å². The van der Waals surface area contributed by atoms with Gasteiger partial charge in [0.05, 0.1) is 31.9 Å². The summed E-state index contributed by atoms with van der Waals surface area (Å²) in [5, 5.41) is 11.1. The number of halogens is 2. The van der Waals surface area contributed by atoms with Crippen LogP contribution >= 0.6 is 24.0 Å². The first-order valence-corrected chi connectivity index (χ1v) is 9.90. The van der Waals surface area contributed by atoms with E-state index in [0.29, 0.717) is 31.4 Å². The third-order valence-electron chi connectivity index (χ3n) is 4.49. The molecule has 0 aliphatic rings. The first-order chi connectivity index (χ1) is 13.9. The van der Waals surface area contributed by atoms with Gasteiger partial charge in [0.25, 0.3) is 0 Å². The number of nitrogens with zero attached hydrogens (tertiary/aromatic N) is 3. The Morgan fingerprint density at radius 1 is 1.23 bits per heavy atom. The Hall–Kier alpha value is -1.88. The minimum atomic E-state index is -0.277. The molecular weight excluding hydrogens is 500 g/mol. The number of aromatic nitrogens is 2. The van der Waals surface area contributed by atoms with Crippen LogP contribution in [0.15, 0.2) is 29.3 Å². The molecule has 0 fully saturated rings. The number of hydrogen-bond acceptors (Lipinski definition) is 4. The van der Waals surface area contributed by atoms with Crippen molar-refractivity contribution in [3.05, 3.63) is 47.0 Å². The Kier molecular flexibility index (Phi) is 11.7. The normalized spacial score (nSPS) is 12.3. The fourth-order valence-electron chi connectivity index (χ4n) is 2.89. The van der Waals surface area contributed by atoms with Crippen molar-refractivity contribution in [1.82, 2.24) is 20.4 Å². The summed E-state index contributed by atoms with van der Waals surface area (Å²) in [6, 6.07) is 6.02. The Morgan fingerprint density at radius 2 is 1.93 bits per heavy atom. The molecule has 1 atom stereocenters. The quantitative estimate of drug-likeness (QED) is 0.278. The summed E-state index contributed by atoms with van der Waals surface area (Å²) < 4.78 is 25.9. The van der Waals surface area contributed by atoms with Crippen LogP contribution in [0.5, 0.6) is 5.75 Å². The van der Waals surface area contributed by atoms with Crippen LogP contribution < -0.4 is 15.4 Å². The fraction of sp³-hybridized carbons (Fsp3) is 0.524. The molecule has 1 aromatic carbocycles. The van der Waals surface area contributed by atoms with Gasteiger partial charge in [-0.05, 0) is 52.0 Å². The number of rotatable bonds is 10. The monoisotopic (exact) mass is 533 g/mol. The van der Waals surface area contributed by atoms with Gasteiger partial charge in [0.1, 0.15) is 17.7 Å². The number of aryl methyl sites for hydroxylation is 1. The van der Waals surface area contributed by atoms with Gasteiger partial charge >= 0.3 is 0 Å². The van der Waals surface area contributed by atoms with Crippen molar-refractivity contribution in [2.45, 2.75) is 46.9 Å². The summed E-state index contributed by atoms with van der Waals surface area (Å²) in [5.74, 6) is 1.07. The Labute approximate surface area is 195 Å². The number of aliphatic imine (C=N–C) groups is 1. The molecule has 0 radical (unpaired) electrons. The maximum Gasteiger partial charge on any atom is 0.191 e. The third-order valence-corrected chi connectivity index (χ3v) is 4.49. The van der Waals surface area contributed by atoms with Gasteiger partial charge in [-0.15, -0.1) is 24.0 Å². The van der Waals surface area contributed by atoms with E-state index in [4.69, 9.17) is 14.5 Å². The Balaban J connectivity index is 0.00000450. The van der Waals surface area contributed by atoms with Crippen LogP contribution in [0.4, 0.5) is 4.39 Å². The molecule has 0 aliphatic carbocycles. The lowest BCUT2D eigenvalue weighted by Gasteiger charge is -2.17. The maximum atomic E-state index is 13.0. The van der Waals surface area contributed by atoms with E-state index < -0.39 is 0 Å². The van der Waals surface area contributed by atoms with E-state index in [1.54, 1.807) is 19.2 Å². The van der Waals surface area contributed by atoms with E-state index >= 15 is 0 Å². The molecule has 0 bridgehead atoms. The van der Waals surface area contributed by atoms with E-state index in [9.17, 15) is 4.39 Å². The highest BCUT2D eigenvalue weighted by Crippen LogP contribution is 2.15. The van der Waals surface area contributed by atoms with E-state index in [1.165, 1.54) is 12.1 Å². The minimum Gasteiger partial charge on any atom is -0.489 e. The molecule has 0 saturated carbocycles. The molecule has 2 aromatic rings. The number of guanidine groups is 1. The number of ether oxygens (including phenoxy) is 2. The molecule has 1 aromatic heterocycles. The summed E-state index contributed by atoms with van der Waals surface area (Å²) in [4.78, 5) is 4.69. The smallest absolute Gasteiger partial charge is 0.191 e. The molecule has 9 heteroatoms. The Morgan fingerprint density at radius 3 is 2.57 bits per heavy atom. The minimum absolute atomic E-state index is 0. The van der Waals surface area contributed by atoms with Crippen LogP contribution in [0.3, 0.4) is 0 Å². The first kappa shape index (κ1) is 26.2. The van der Waals surface area contributed by atoms with Gasteiger partial charge < -0.3 is 20.1 Å². The Bertz CT molecular complexity index is 795. The van der Waals surface area contributed by atoms with Crippen molar-refractivity contribution in [3.63, 3.8) is 0 Å². The fourth-order valence-corrected chi connectivity index (χ4v) is 2.89.